The number of carbonyl (C=O) groups is 2. The normalized spacial score (nSPS) is 22.6. The van der Waals surface area contributed by atoms with E-state index in [1.807, 2.05) is 0 Å². The third-order valence-corrected chi connectivity index (χ3v) is 6.41. The molecule has 2 fully saturated rings. The Morgan fingerprint density at radius 3 is 2.58 bits per heavy atom. The number of amides is 2. The quantitative estimate of drug-likeness (QED) is 0.186. The molecule has 1 aromatic carbocycles. The molecule has 2 aliphatic heterocycles. The Hall–Kier alpha value is -3.12. The molecule has 2 saturated heterocycles. The molecule has 0 radical (unpaired) electrons. The molecule has 0 aromatic heterocycles. The van der Waals surface area contributed by atoms with E-state index in [-0.39, 0.29) is 31.5 Å². The van der Waals surface area contributed by atoms with Gasteiger partial charge in [0.1, 0.15) is 17.9 Å². The second-order valence-corrected chi connectivity index (χ2v) is 9.81. The van der Waals surface area contributed by atoms with Crippen molar-refractivity contribution in [3.8, 4) is 6.07 Å². The van der Waals surface area contributed by atoms with Gasteiger partial charge in [-0.3, -0.25) is 15.0 Å². The van der Waals surface area contributed by atoms with Crippen LogP contribution in [0.5, 0.6) is 0 Å². The zero-order valence-electron chi connectivity index (χ0n) is 21.0. The average molecular weight is 538 g/mol. The summed E-state index contributed by atoms with van der Waals surface area (Å²) < 4.78 is 52.0. The number of alkyl carbamates (subject to hydrolysis) is 1. The largest absolute Gasteiger partial charge is 0.635 e. The van der Waals surface area contributed by atoms with Crippen molar-refractivity contribution in [2.45, 2.75) is 56.7 Å². The smallest absolute Gasteiger partial charge is 0.441 e. The summed E-state index contributed by atoms with van der Waals surface area (Å²) in [6.07, 6.45) is -4.43. The lowest BCUT2D eigenvalue weighted by atomic mass is 9.99. The SMILES string of the molecule is CC(C)(C=C(C#N)C(=O)N1C[C@@H](F)[C@@H](OC(=O)N[C@@H](Cc2ccccc2)OB(O)O)C1)N1CCC(F)(F)C1. The molecule has 0 bridgehead atoms. The number of alkyl halides is 3. The minimum absolute atomic E-state index is 0.0525. The maximum absolute atomic E-state index is 14.7. The van der Waals surface area contributed by atoms with Crippen LogP contribution in [0.2, 0.25) is 0 Å². The van der Waals surface area contributed by atoms with Gasteiger partial charge in [0, 0.05) is 24.9 Å². The van der Waals surface area contributed by atoms with Crippen molar-refractivity contribution < 1.29 is 42.2 Å². The van der Waals surface area contributed by atoms with Crippen LogP contribution in [0, 0.1) is 11.3 Å². The summed E-state index contributed by atoms with van der Waals surface area (Å²) in [5, 5.41) is 30.1. The molecule has 3 N–H and O–H groups in total. The number of likely N-dealkylation sites (tertiary alicyclic amines) is 2. The summed E-state index contributed by atoms with van der Waals surface area (Å²) in [6.45, 7) is 2.00. The van der Waals surface area contributed by atoms with Crippen molar-refractivity contribution in [2.24, 2.45) is 0 Å². The minimum Gasteiger partial charge on any atom is -0.441 e. The van der Waals surface area contributed by atoms with E-state index in [9.17, 15) is 28.0 Å². The van der Waals surface area contributed by atoms with Crippen LogP contribution in [-0.4, -0.2) is 95.3 Å². The van der Waals surface area contributed by atoms with Gasteiger partial charge >= 0.3 is 13.4 Å². The first-order chi connectivity index (χ1) is 17.8. The molecular weight excluding hydrogens is 508 g/mol. The first kappa shape index (κ1) is 29.4. The number of benzene rings is 1. The highest BCUT2D eigenvalue weighted by Crippen LogP contribution is 2.33. The molecule has 0 saturated carbocycles. The summed E-state index contributed by atoms with van der Waals surface area (Å²) in [5.74, 6) is -3.67. The molecule has 0 aliphatic carbocycles. The van der Waals surface area contributed by atoms with Gasteiger partial charge in [0.15, 0.2) is 12.3 Å². The number of hydrogen-bond acceptors (Lipinski definition) is 8. The van der Waals surface area contributed by atoms with Crippen molar-refractivity contribution in [2.75, 3.05) is 26.2 Å². The van der Waals surface area contributed by atoms with Crippen molar-refractivity contribution in [3.05, 3.63) is 47.5 Å². The first-order valence-electron chi connectivity index (χ1n) is 12.0. The number of nitrogens with zero attached hydrogens (tertiary/aromatic N) is 3. The molecule has 14 heteroatoms. The van der Waals surface area contributed by atoms with E-state index in [0.29, 0.717) is 5.56 Å². The fourth-order valence-electron chi connectivity index (χ4n) is 4.41. The molecule has 10 nitrogen and oxygen atoms in total. The molecule has 2 aliphatic rings. The summed E-state index contributed by atoms with van der Waals surface area (Å²) in [5.41, 5.74) is -0.664. The van der Waals surface area contributed by atoms with Gasteiger partial charge in [-0.25, -0.2) is 18.0 Å². The van der Waals surface area contributed by atoms with Crippen LogP contribution in [0.15, 0.2) is 42.0 Å². The molecular formula is C24H30BF3N4O6. The third-order valence-electron chi connectivity index (χ3n) is 6.41. The van der Waals surface area contributed by atoms with E-state index >= 15 is 0 Å². The zero-order valence-corrected chi connectivity index (χ0v) is 21.0. The second-order valence-electron chi connectivity index (χ2n) is 9.81. The van der Waals surface area contributed by atoms with Crippen molar-refractivity contribution in [3.63, 3.8) is 0 Å². The Morgan fingerprint density at radius 1 is 1.32 bits per heavy atom. The van der Waals surface area contributed by atoms with Crippen LogP contribution in [0.4, 0.5) is 18.0 Å². The van der Waals surface area contributed by atoms with Crippen LogP contribution in [0.1, 0.15) is 25.8 Å². The molecule has 2 amide bonds. The lowest BCUT2D eigenvalue weighted by molar-refractivity contribution is -0.126. The maximum atomic E-state index is 14.7. The molecule has 38 heavy (non-hydrogen) atoms. The highest BCUT2D eigenvalue weighted by Gasteiger charge is 2.44. The van der Waals surface area contributed by atoms with Crippen molar-refractivity contribution in [1.82, 2.24) is 15.1 Å². The van der Waals surface area contributed by atoms with Gasteiger partial charge in [0.05, 0.1) is 19.6 Å². The monoisotopic (exact) mass is 538 g/mol. The molecule has 1 aromatic rings. The van der Waals surface area contributed by atoms with Crippen LogP contribution in [0.3, 0.4) is 0 Å². The molecule has 0 unspecified atom stereocenters. The molecule has 3 atom stereocenters. The lowest BCUT2D eigenvalue weighted by Gasteiger charge is -2.33. The lowest BCUT2D eigenvalue weighted by Crippen LogP contribution is -2.44. The fourth-order valence-corrected chi connectivity index (χ4v) is 4.41. The topological polar surface area (TPSA) is 135 Å². The van der Waals surface area contributed by atoms with E-state index in [0.717, 1.165) is 4.90 Å². The van der Waals surface area contributed by atoms with Gasteiger partial charge < -0.3 is 24.3 Å². The Morgan fingerprint density at radius 2 is 2.00 bits per heavy atom. The maximum Gasteiger partial charge on any atom is 0.635 e. The van der Waals surface area contributed by atoms with E-state index in [2.05, 4.69) is 5.32 Å². The van der Waals surface area contributed by atoms with Crippen LogP contribution >= 0.6 is 0 Å². The second kappa shape index (κ2) is 12.2. The molecule has 2 heterocycles. The third kappa shape index (κ3) is 7.94. The summed E-state index contributed by atoms with van der Waals surface area (Å²) in [4.78, 5) is 27.8. The highest BCUT2D eigenvalue weighted by molar-refractivity contribution is 6.32. The minimum atomic E-state index is -2.86. The predicted molar refractivity (Wildman–Crippen MR) is 129 cm³/mol. The van der Waals surface area contributed by atoms with Gasteiger partial charge in [-0.1, -0.05) is 30.3 Å². The van der Waals surface area contributed by atoms with E-state index < -0.39 is 62.4 Å². The fraction of sp³-hybridized carbons (Fsp3) is 0.542. The average Bonchev–Trinajstić information content (AvgIpc) is 3.39. The Balaban J connectivity index is 1.61. The highest BCUT2D eigenvalue weighted by atomic mass is 19.3. The van der Waals surface area contributed by atoms with Gasteiger partial charge in [-0.05, 0) is 25.5 Å². The molecule has 0 spiro atoms. The number of hydrogen-bond donors (Lipinski definition) is 3. The van der Waals surface area contributed by atoms with Crippen LogP contribution in [-0.2, 0) is 20.6 Å². The zero-order chi connectivity index (χ0) is 28.1. The summed E-state index contributed by atoms with van der Waals surface area (Å²) in [6, 6.07) is 10.5. The number of nitrogens with one attached hydrogen (secondary N) is 1. The molecule has 3 rings (SSSR count). The Kier molecular flexibility index (Phi) is 9.42. The summed E-state index contributed by atoms with van der Waals surface area (Å²) >= 11 is 0. The summed E-state index contributed by atoms with van der Waals surface area (Å²) in [7, 11) is -2.19. The van der Waals surface area contributed by atoms with Crippen molar-refractivity contribution >= 4 is 19.3 Å². The number of carbonyl (C=O) groups excluding carboxylic acids is 2. The van der Waals surface area contributed by atoms with Gasteiger partial charge in [0.2, 0.25) is 0 Å². The van der Waals surface area contributed by atoms with Crippen molar-refractivity contribution in [1.29, 1.82) is 5.26 Å². The number of nitriles is 1. The van der Waals surface area contributed by atoms with Crippen LogP contribution in [0.25, 0.3) is 0 Å². The van der Waals surface area contributed by atoms with Gasteiger partial charge in [0.25, 0.3) is 11.8 Å². The van der Waals surface area contributed by atoms with E-state index in [1.165, 1.54) is 11.0 Å². The standard InChI is InChI=1S/C24H30BF3N4O6/c1-23(2,32-9-8-24(27,28)15-32)11-17(12-29)21(33)31-13-18(26)19(14-31)37-22(34)30-20(38-25(35)36)10-16-6-4-3-5-7-16/h3-7,11,18-20,35-36H,8-10,13-15H2,1-2H3,(H,30,34)/t18-,19+,20-/m1/s1. The van der Waals surface area contributed by atoms with Crippen LogP contribution < -0.4 is 5.32 Å². The Bertz CT molecular complexity index is 1070. The Labute approximate surface area is 218 Å². The number of ether oxygens (including phenoxy) is 1. The van der Waals surface area contributed by atoms with Gasteiger partial charge in [-0.15, -0.1) is 0 Å². The number of rotatable bonds is 9. The van der Waals surface area contributed by atoms with E-state index in [1.54, 1.807) is 50.2 Å². The van der Waals surface area contributed by atoms with E-state index in [4.69, 9.17) is 19.4 Å². The first-order valence-corrected chi connectivity index (χ1v) is 12.0. The van der Waals surface area contributed by atoms with Gasteiger partial charge in [-0.2, -0.15) is 5.26 Å². The predicted octanol–water partition coefficient (Wildman–Crippen LogP) is 1.39. The molecule has 206 valence electrons. The number of halogens is 3.